The molecule has 0 aliphatic carbocycles. The maximum atomic E-state index is 12.3. The van der Waals surface area contributed by atoms with E-state index in [4.69, 9.17) is 9.15 Å². The lowest BCUT2D eigenvalue weighted by molar-refractivity contribution is 0.101. The highest BCUT2D eigenvalue weighted by Gasteiger charge is 2.14. The molecule has 0 saturated heterocycles. The van der Waals surface area contributed by atoms with Crippen molar-refractivity contribution in [2.45, 2.75) is 33.3 Å². The van der Waals surface area contributed by atoms with E-state index in [1.165, 1.54) is 0 Å². The number of rotatable bonds is 5. The van der Waals surface area contributed by atoms with Crippen molar-refractivity contribution in [3.63, 3.8) is 0 Å². The molecule has 100 valence electrons. The van der Waals surface area contributed by atoms with Crippen LogP contribution in [0.15, 0.2) is 40.8 Å². The highest BCUT2D eigenvalue weighted by Crippen LogP contribution is 2.19. The summed E-state index contributed by atoms with van der Waals surface area (Å²) in [5.74, 6) is 1.77. The van der Waals surface area contributed by atoms with Gasteiger partial charge in [-0.25, -0.2) is 0 Å². The fourth-order valence-electron chi connectivity index (χ4n) is 1.82. The zero-order valence-electron chi connectivity index (χ0n) is 11.5. The van der Waals surface area contributed by atoms with Gasteiger partial charge in [0, 0.05) is 12.0 Å². The van der Waals surface area contributed by atoms with E-state index < -0.39 is 0 Å². The number of benzene rings is 1. The van der Waals surface area contributed by atoms with Crippen molar-refractivity contribution in [1.82, 2.24) is 0 Å². The SMILES string of the molecule is CCc1ccc(C(=O)c2cccc(OC(C)C)c2)o1. The molecule has 3 nitrogen and oxygen atoms in total. The molecule has 0 unspecified atom stereocenters. The molecular weight excluding hydrogens is 240 g/mol. The lowest BCUT2D eigenvalue weighted by Crippen LogP contribution is -2.06. The monoisotopic (exact) mass is 258 g/mol. The van der Waals surface area contributed by atoms with Crippen LogP contribution in [0.1, 0.15) is 42.6 Å². The predicted molar refractivity (Wildman–Crippen MR) is 73.7 cm³/mol. The quantitative estimate of drug-likeness (QED) is 0.764. The van der Waals surface area contributed by atoms with Gasteiger partial charge in [0.1, 0.15) is 11.5 Å². The Morgan fingerprint density at radius 2 is 2.05 bits per heavy atom. The van der Waals surface area contributed by atoms with Crippen LogP contribution < -0.4 is 4.74 Å². The number of hydrogen-bond acceptors (Lipinski definition) is 3. The van der Waals surface area contributed by atoms with E-state index in [1.807, 2.05) is 39.0 Å². The van der Waals surface area contributed by atoms with E-state index in [-0.39, 0.29) is 11.9 Å². The Hall–Kier alpha value is -2.03. The van der Waals surface area contributed by atoms with Gasteiger partial charge < -0.3 is 9.15 Å². The van der Waals surface area contributed by atoms with Crippen LogP contribution in [0.4, 0.5) is 0 Å². The predicted octanol–water partition coefficient (Wildman–Crippen LogP) is 3.86. The van der Waals surface area contributed by atoms with Crippen molar-refractivity contribution in [2.24, 2.45) is 0 Å². The summed E-state index contributed by atoms with van der Waals surface area (Å²) in [4.78, 5) is 12.3. The Bertz CT molecular complexity index is 567. The maximum Gasteiger partial charge on any atom is 0.228 e. The van der Waals surface area contributed by atoms with Gasteiger partial charge in [-0.2, -0.15) is 0 Å². The van der Waals surface area contributed by atoms with Crippen LogP contribution in [0.25, 0.3) is 0 Å². The van der Waals surface area contributed by atoms with Crippen molar-refractivity contribution in [2.75, 3.05) is 0 Å². The lowest BCUT2D eigenvalue weighted by atomic mass is 10.1. The zero-order chi connectivity index (χ0) is 13.8. The van der Waals surface area contributed by atoms with Crippen molar-refractivity contribution in [1.29, 1.82) is 0 Å². The third-order valence-corrected chi connectivity index (χ3v) is 2.70. The number of ketones is 1. The second-order valence-electron chi connectivity index (χ2n) is 4.64. The summed E-state index contributed by atoms with van der Waals surface area (Å²) in [7, 11) is 0. The molecule has 0 spiro atoms. The van der Waals surface area contributed by atoms with Crippen LogP contribution in [0.3, 0.4) is 0 Å². The maximum absolute atomic E-state index is 12.3. The Kier molecular flexibility index (Phi) is 4.05. The van der Waals surface area contributed by atoms with Crippen LogP contribution in [-0.2, 0) is 6.42 Å². The molecule has 2 rings (SSSR count). The Morgan fingerprint density at radius 3 is 2.68 bits per heavy atom. The van der Waals surface area contributed by atoms with Gasteiger partial charge in [-0.15, -0.1) is 0 Å². The van der Waals surface area contributed by atoms with E-state index in [2.05, 4.69) is 0 Å². The van der Waals surface area contributed by atoms with E-state index in [1.54, 1.807) is 18.2 Å². The molecule has 0 saturated carbocycles. The second-order valence-corrected chi connectivity index (χ2v) is 4.64. The third-order valence-electron chi connectivity index (χ3n) is 2.70. The Labute approximate surface area is 113 Å². The topological polar surface area (TPSA) is 39.4 Å². The summed E-state index contributed by atoms with van der Waals surface area (Å²) in [5.41, 5.74) is 0.579. The highest BCUT2D eigenvalue weighted by atomic mass is 16.5. The second kappa shape index (κ2) is 5.74. The molecule has 0 atom stereocenters. The molecule has 0 N–H and O–H groups in total. The van der Waals surface area contributed by atoms with E-state index in [9.17, 15) is 4.79 Å². The molecule has 1 heterocycles. The van der Waals surface area contributed by atoms with Gasteiger partial charge in [0.15, 0.2) is 5.76 Å². The molecule has 3 heteroatoms. The number of carbonyl (C=O) groups is 1. The van der Waals surface area contributed by atoms with Crippen molar-refractivity contribution >= 4 is 5.78 Å². The van der Waals surface area contributed by atoms with Gasteiger partial charge in [0.2, 0.25) is 5.78 Å². The Morgan fingerprint density at radius 1 is 1.26 bits per heavy atom. The molecule has 0 aliphatic rings. The van der Waals surface area contributed by atoms with Crippen LogP contribution in [0.5, 0.6) is 5.75 Å². The number of aryl methyl sites for hydroxylation is 1. The summed E-state index contributed by atoms with van der Waals surface area (Å²) in [6.45, 7) is 5.90. The summed E-state index contributed by atoms with van der Waals surface area (Å²) < 4.78 is 11.1. The minimum atomic E-state index is -0.117. The minimum absolute atomic E-state index is 0.0839. The molecule has 2 aromatic rings. The van der Waals surface area contributed by atoms with Crippen LogP contribution in [0, 0.1) is 0 Å². The zero-order valence-corrected chi connectivity index (χ0v) is 11.5. The molecule has 0 bridgehead atoms. The van der Waals surface area contributed by atoms with E-state index in [0.717, 1.165) is 12.2 Å². The average Bonchev–Trinajstić information content (AvgIpc) is 2.86. The van der Waals surface area contributed by atoms with Gasteiger partial charge >= 0.3 is 0 Å². The normalized spacial score (nSPS) is 10.7. The van der Waals surface area contributed by atoms with Gasteiger partial charge in [0.05, 0.1) is 6.10 Å². The fraction of sp³-hybridized carbons (Fsp3) is 0.312. The first-order chi connectivity index (χ1) is 9.10. The molecule has 19 heavy (non-hydrogen) atoms. The first-order valence-electron chi connectivity index (χ1n) is 6.50. The minimum Gasteiger partial charge on any atom is -0.491 e. The fourth-order valence-corrected chi connectivity index (χ4v) is 1.82. The third kappa shape index (κ3) is 3.25. The van der Waals surface area contributed by atoms with Crippen LogP contribution in [0.2, 0.25) is 0 Å². The highest BCUT2D eigenvalue weighted by molar-refractivity contribution is 6.07. The Balaban J connectivity index is 2.23. The standard InChI is InChI=1S/C16H18O3/c1-4-13-8-9-15(19-13)16(17)12-6-5-7-14(10-12)18-11(2)3/h5-11H,4H2,1-3H3. The molecule has 0 fully saturated rings. The molecule has 1 aromatic carbocycles. The van der Waals surface area contributed by atoms with Crippen LogP contribution >= 0.6 is 0 Å². The largest absolute Gasteiger partial charge is 0.491 e. The first-order valence-corrected chi connectivity index (χ1v) is 6.50. The van der Waals surface area contributed by atoms with Crippen molar-refractivity contribution in [3.05, 3.63) is 53.5 Å². The number of hydrogen-bond donors (Lipinski definition) is 0. The molecule has 0 aliphatic heterocycles. The summed E-state index contributed by atoms with van der Waals surface area (Å²) in [6, 6.07) is 10.7. The summed E-state index contributed by atoms with van der Waals surface area (Å²) >= 11 is 0. The van der Waals surface area contributed by atoms with Gasteiger partial charge in [-0.1, -0.05) is 19.1 Å². The number of carbonyl (C=O) groups excluding carboxylic acids is 1. The molecule has 0 amide bonds. The molecular formula is C16H18O3. The van der Waals surface area contributed by atoms with Gasteiger partial charge in [-0.05, 0) is 38.1 Å². The van der Waals surface area contributed by atoms with Gasteiger partial charge in [0.25, 0.3) is 0 Å². The summed E-state index contributed by atoms with van der Waals surface area (Å²) in [6.07, 6.45) is 0.865. The first kappa shape index (κ1) is 13.4. The lowest BCUT2D eigenvalue weighted by Gasteiger charge is -2.10. The van der Waals surface area contributed by atoms with Gasteiger partial charge in [-0.3, -0.25) is 4.79 Å². The smallest absolute Gasteiger partial charge is 0.228 e. The van der Waals surface area contributed by atoms with Crippen molar-refractivity contribution < 1.29 is 13.9 Å². The molecule has 0 radical (unpaired) electrons. The van der Waals surface area contributed by atoms with Crippen LogP contribution in [-0.4, -0.2) is 11.9 Å². The summed E-state index contributed by atoms with van der Waals surface area (Å²) in [5, 5.41) is 0. The van der Waals surface area contributed by atoms with E-state index in [0.29, 0.717) is 17.1 Å². The number of furan rings is 1. The number of ether oxygens (including phenoxy) is 1. The van der Waals surface area contributed by atoms with E-state index >= 15 is 0 Å². The molecule has 1 aromatic heterocycles. The van der Waals surface area contributed by atoms with Crippen molar-refractivity contribution in [3.8, 4) is 5.75 Å². The average molecular weight is 258 g/mol.